The Labute approximate surface area is 119 Å². The van der Waals surface area contributed by atoms with E-state index in [2.05, 4.69) is 19.2 Å². The van der Waals surface area contributed by atoms with Gasteiger partial charge in [0.2, 0.25) is 5.91 Å². The smallest absolute Gasteiger partial charge is 0.244 e. The summed E-state index contributed by atoms with van der Waals surface area (Å²) >= 11 is 0. The molecule has 0 aromatic heterocycles. The lowest BCUT2D eigenvalue weighted by Gasteiger charge is -2.31. The Morgan fingerprint density at radius 2 is 2.10 bits per heavy atom. The van der Waals surface area contributed by atoms with Gasteiger partial charge in [0, 0.05) is 6.04 Å². The molecule has 2 fully saturated rings. The molecule has 0 bridgehead atoms. The van der Waals surface area contributed by atoms with Gasteiger partial charge in [0.15, 0.2) is 0 Å². The fraction of sp³-hybridized carbons (Fsp3) is 0.562. The minimum absolute atomic E-state index is 0.189. The summed E-state index contributed by atoms with van der Waals surface area (Å²) in [4.78, 5) is 14.6. The lowest BCUT2D eigenvalue weighted by atomic mass is 10.1. The van der Waals surface area contributed by atoms with Gasteiger partial charge >= 0.3 is 0 Å². The SMILES string of the molecule is CCC(CC)N1C(=O)C2(CC2)NC1c1cccc(F)c1. The van der Waals surface area contributed by atoms with Gasteiger partial charge in [0.05, 0.1) is 0 Å². The lowest BCUT2D eigenvalue weighted by molar-refractivity contribution is -0.133. The lowest BCUT2D eigenvalue weighted by Crippen LogP contribution is -2.40. The van der Waals surface area contributed by atoms with Crippen LogP contribution in [0.2, 0.25) is 0 Å². The maximum absolute atomic E-state index is 13.5. The summed E-state index contributed by atoms with van der Waals surface area (Å²) in [5.41, 5.74) is 0.480. The van der Waals surface area contributed by atoms with E-state index in [0.717, 1.165) is 31.2 Å². The molecule has 1 unspecified atom stereocenters. The third kappa shape index (κ3) is 2.03. The van der Waals surface area contributed by atoms with E-state index in [1.165, 1.54) is 12.1 Å². The zero-order chi connectivity index (χ0) is 14.3. The Morgan fingerprint density at radius 3 is 2.65 bits per heavy atom. The summed E-state index contributed by atoms with van der Waals surface area (Å²) in [6.07, 6.45) is 3.45. The van der Waals surface area contributed by atoms with Crippen molar-refractivity contribution < 1.29 is 9.18 Å². The van der Waals surface area contributed by atoms with Crippen LogP contribution >= 0.6 is 0 Å². The summed E-state index contributed by atoms with van der Waals surface area (Å²) in [6.45, 7) is 4.20. The molecule has 1 N–H and O–H groups in total. The third-order valence-corrected chi connectivity index (χ3v) is 4.59. The molecule has 4 heteroatoms. The molecule has 1 aliphatic heterocycles. The molecule has 3 nitrogen and oxygen atoms in total. The molecule has 1 saturated heterocycles. The first-order valence-electron chi connectivity index (χ1n) is 7.47. The largest absolute Gasteiger partial charge is 0.318 e. The number of carbonyl (C=O) groups is 1. The van der Waals surface area contributed by atoms with Gasteiger partial charge in [-0.25, -0.2) is 4.39 Å². The highest BCUT2D eigenvalue weighted by molar-refractivity contribution is 5.92. The number of nitrogens with zero attached hydrogens (tertiary/aromatic N) is 1. The molecule has 1 aliphatic carbocycles. The van der Waals surface area contributed by atoms with E-state index in [9.17, 15) is 9.18 Å². The molecule has 1 aromatic carbocycles. The van der Waals surface area contributed by atoms with Crippen molar-refractivity contribution in [2.75, 3.05) is 0 Å². The first-order valence-corrected chi connectivity index (χ1v) is 7.47. The highest BCUT2D eigenvalue weighted by atomic mass is 19.1. The van der Waals surface area contributed by atoms with E-state index in [1.54, 1.807) is 6.07 Å². The predicted octanol–water partition coefficient (Wildman–Crippen LogP) is 2.98. The van der Waals surface area contributed by atoms with Crippen LogP contribution in [-0.2, 0) is 4.79 Å². The van der Waals surface area contributed by atoms with Crippen LogP contribution in [0.1, 0.15) is 51.3 Å². The first kappa shape index (κ1) is 13.6. The molecular weight excluding hydrogens is 255 g/mol. The molecule has 20 heavy (non-hydrogen) atoms. The fourth-order valence-electron chi connectivity index (χ4n) is 3.22. The monoisotopic (exact) mass is 276 g/mol. The molecule has 3 rings (SSSR count). The highest BCUT2D eigenvalue weighted by Gasteiger charge is 2.60. The van der Waals surface area contributed by atoms with Crippen molar-refractivity contribution in [2.24, 2.45) is 0 Å². The number of amides is 1. The van der Waals surface area contributed by atoms with Gasteiger partial charge in [-0.1, -0.05) is 26.0 Å². The maximum Gasteiger partial charge on any atom is 0.244 e. The van der Waals surface area contributed by atoms with Crippen molar-refractivity contribution in [2.45, 2.75) is 57.3 Å². The molecule has 1 saturated carbocycles. The molecule has 1 heterocycles. The molecule has 0 radical (unpaired) electrons. The van der Waals surface area contributed by atoms with Crippen molar-refractivity contribution >= 4 is 5.91 Å². The van der Waals surface area contributed by atoms with Crippen LogP contribution in [0.3, 0.4) is 0 Å². The summed E-state index contributed by atoms with van der Waals surface area (Å²) in [5, 5.41) is 3.44. The van der Waals surface area contributed by atoms with E-state index >= 15 is 0 Å². The summed E-state index contributed by atoms with van der Waals surface area (Å²) in [6, 6.07) is 6.78. The highest BCUT2D eigenvalue weighted by Crippen LogP contribution is 2.47. The Balaban J connectivity index is 1.97. The molecule has 1 spiro atoms. The second-order valence-corrected chi connectivity index (χ2v) is 5.87. The van der Waals surface area contributed by atoms with Gasteiger partial charge in [-0.2, -0.15) is 0 Å². The Kier molecular flexibility index (Phi) is 3.28. The van der Waals surface area contributed by atoms with Gasteiger partial charge in [-0.05, 0) is 43.4 Å². The van der Waals surface area contributed by atoms with Crippen LogP contribution in [-0.4, -0.2) is 22.4 Å². The van der Waals surface area contributed by atoms with Crippen LogP contribution in [0.5, 0.6) is 0 Å². The number of hydrogen-bond acceptors (Lipinski definition) is 2. The van der Waals surface area contributed by atoms with E-state index < -0.39 is 0 Å². The topological polar surface area (TPSA) is 32.3 Å². The third-order valence-electron chi connectivity index (χ3n) is 4.59. The molecular formula is C16H21FN2O. The van der Waals surface area contributed by atoms with Gasteiger partial charge in [0.1, 0.15) is 17.5 Å². The van der Waals surface area contributed by atoms with Crippen molar-refractivity contribution in [1.82, 2.24) is 10.2 Å². The average molecular weight is 276 g/mol. The van der Waals surface area contributed by atoms with Crippen LogP contribution in [0.15, 0.2) is 24.3 Å². The number of rotatable bonds is 4. The van der Waals surface area contributed by atoms with Crippen LogP contribution in [0.25, 0.3) is 0 Å². The van der Waals surface area contributed by atoms with Crippen molar-refractivity contribution in [3.8, 4) is 0 Å². The van der Waals surface area contributed by atoms with Crippen molar-refractivity contribution in [3.63, 3.8) is 0 Å². The van der Waals surface area contributed by atoms with Crippen molar-refractivity contribution in [3.05, 3.63) is 35.6 Å². The molecule has 108 valence electrons. The normalized spacial score (nSPS) is 23.9. The van der Waals surface area contributed by atoms with Gasteiger partial charge < -0.3 is 4.90 Å². The average Bonchev–Trinajstić information content (AvgIpc) is 3.17. The van der Waals surface area contributed by atoms with E-state index in [1.807, 2.05) is 11.0 Å². The Hall–Kier alpha value is -1.42. The van der Waals surface area contributed by atoms with E-state index in [-0.39, 0.29) is 29.5 Å². The van der Waals surface area contributed by atoms with Crippen LogP contribution in [0, 0.1) is 5.82 Å². The minimum Gasteiger partial charge on any atom is -0.318 e. The second kappa shape index (κ2) is 4.85. The quantitative estimate of drug-likeness (QED) is 0.917. The van der Waals surface area contributed by atoms with Crippen LogP contribution < -0.4 is 5.32 Å². The molecule has 1 amide bonds. The van der Waals surface area contributed by atoms with Gasteiger partial charge in [-0.15, -0.1) is 0 Å². The first-order chi connectivity index (χ1) is 9.61. The molecule has 2 aliphatic rings. The number of halogens is 1. The molecule has 1 aromatic rings. The summed E-state index contributed by atoms with van der Waals surface area (Å²) < 4.78 is 13.5. The summed E-state index contributed by atoms with van der Waals surface area (Å²) in [5.74, 6) is -0.0570. The van der Waals surface area contributed by atoms with Gasteiger partial charge in [0.25, 0.3) is 0 Å². The van der Waals surface area contributed by atoms with Crippen LogP contribution in [0.4, 0.5) is 4.39 Å². The number of nitrogens with one attached hydrogen (secondary N) is 1. The van der Waals surface area contributed by atoms with Crippen molar-refractivity contribution in [1.29, 1.82) is 0 Å². The fourth-order valence-corrected chi connectivity index (χ4v) is 3.22. The Morgan fingerprint density at radius 1 is 1.40 bits per heavy atom. The maximum atomic E-state index is 13.5. The number of benzene rings is 1. The molecule has 1 atom stereocenters. The number of carbonyl (C=O) groups excluding carboxylic acids is 1. The Bertz CT molecular complexity index is 523. The minimum atomic E-state index is -0.362. The zero-order valence-electron chi connectivity index (χ0n) is 12.0. The van der Waals surface area contributed by atoms with Gasteiger partial charge in [-0.3, -0.25) is 10.1 Å². The van der Waals surface area contributed by atoms with E-state index in [4.69, 9.17) is 0 Å². The standard InChI is InChI=1S/C16H21FN2O/c1-3-13(4-2)19-14(11-6-5-7-12(17)10-11)18-16(8-9-16)15(19)20/h5-7,10,13-14,18H,3-4,8-9H2,1-2H3. The zero-order valence-corrected chi connectivity index (χ0v) is 12.0. The summed E-state index contributed by atoms with van der Waals surface area (Å²) in [7, 11) is 0. The van der Waals surface area contributed by atoms with E-state index in [0.29, 0.717) is 0 Å². The predicted molar refractivity (Wildman–Crippen MR) is 75.5 cm³/mol. The second-order valence-electron chi connectivity index (χ2n) is 5.87. The number of hydrogen-bond donors (Lipinski definition) is 1.